The van der Waals surface area contributed by atoms with Crippen molar-refractivity contribution in [3.63, 3.8) is 0 Å². The molecule has 5 rings (SSSR count). The Hall–Kier alpha value is -4.32. The van der Waals surface area contributed by atoms with Crippen molar-refractivity contribution in [1.29, 1.82) is 0 Å². The van der Waals surface area contributed by atoms with Crippen LogP contribution in [0.5, 0.6) is 0 Å². The van der Waals surface area contributed by atoms with Crippen LogP contribution in [0.3, 0.4) is 0 Å². The molecule has 11 heteroatoms. The minimum atomic E-state index is -4.55. The number of rotatable bonds is 11. The minimum absolute atomic E-state index is 0.132. The predicted octanol–water partition coefficient (Wildman–Crippen LogP) is 7.82. The Morgan fingerprint density at radius 3 is 2.10 bits per heavy atom. The molecular weight excluding hydrogens is 692 g/mol. The van der Waals surface area contributed by atoms with E-state index in [0.29, 0.717) is 31.2 Å². The Bertz CT molecular complexity index is 2270. The van der Waals surface area contributed by atoms with Crippen LogP contribution in [0.4, 0.5) is 5.69 Å². The molecule has 0 fully saturated rings. The highest BCUT2D eigenvalue weighted by molar-refractivity contribution is 7.86. The maximum absolute atomic E-state index is 11.7. The smallest absolute Gasteiger partial charge is 0.294 e. The van der Waals surface area contributed by atoms with E-state index in [1.54, 1.807) is 12.1 Å². The molecule has 1 aliphatic carbocycles. The Morgan fingerprint density at radius 1 is 0.840 bits per heavy atom. The van der Waals surface area contributed by atoms with Crippen LogP contribution in [-0.2, 0) is 33.3 Å². The van der Waals surface area contributed by atoms with Crippen LogP contribution in [0.15, 0.2) is 130 Å². The molecule has 0 unspecified atom stereocenters. The fourth-order valence-corrected chi connectivity index (χ4v) is 7.36. The highest BCUT2D eigenvalue weighted by atomic mass is 35.5. The van der Waals surface area contributed by atoms with Crippen LogP contribution in [-0.4, -0.2) is 49.3 Å². The first kappa shape index (κ1) is 36.9. The number of allylic oxidation sites excluding steroid dienone is 5. The van der Waals surface area contributed by atoms with Crippen LogP contribution in [0.1, 0.15) is 48.6 Å². The van der Waals surface area contributed by atoms with E-state index in [2.05, 4.69) is 59.8 Å². The molecule has 1 aliphatic rings. The van der Waals surface area contributed by atoms with Crippen LogP contribution in [0.2, 0.25) is 5.02 Å². The topological polar surface area (TPSA) is 118 Å². The molecule has 1 N–H and O–H groups in total. The molecule has 0 atom stereocenters. The van der Waals surface area contributed by atoms with E-state index in [1.807, 2.05) is 50.2 Å². The standard InChI is InChI=1S/C39H39ClN2O6S2/c1-5-41(25-29-9-7-11-35(23-29)49(43,44)45)33-17-19-37(27(3)21-33)39(31-13-15-32(40)16-14-31)38-20-18-34(22-28(38)4)42(6-2)26-30-10-8-12-36(24-30)50(46,47)48/h7-24H,5-6,25-26H2,1-4H3,(H-,43,44,45,46,47,48). The molecular formula is C39H39ClN2O6S2. The zero-order valence-electron chi connectivity index (χ0n) is 28.3. The van der Waals surface area contributed by atoms with Crippen LogP contribution >= 0.6 is 11.6 Å². The van der Waals surface area contributed by atoms with Gasteiger partial charge in [0.15, 0.2) is 12.3 Å². The van der Waals surface area contributed by atoms with Crippen molar-refractivity contribution in [2.45, 2.75) is 50.6 Å². The Balaban J connectivity index is 1.54. The van der Waals surface area contributed by atoms with Gasteiger partial charge in [0.05, 0.1) is 9.79 Å². The van der Waals surface area contributed by atoms with E-state index in [9.17, 15) is 25.9 Å². The van der Waals surface area contributed by atoms with Gasteiger partial charge in [-0.3, -0.25) is 4.55 Å². The maximum Gasteiger partial charge on any atom is 0.294 e. The molecule has 0 amide bonds. The molecule has 4 aromatic carbocycles. The molecule has 0 heterocycles. The van der Waals surface area contributed by atoms with Gasteiger partial charge in [-0.2, -0.15) is 8.42 Å². The van der Waals surface area contributed by atoms with E-state index in [4.69, 9.17) is 11.6 Å². The molecule has 0 spiro atoms. The first-order valence-corrected chi connectivity index (χ1v) is 19.4. The van der Waals surface area contributed by atoms with Gasteiger partial charge in [0, 0.05) is 41.5 Å². The molecule has 0 aromatic heterocycles. The van der Waals surface area contributed by atoms with Gasteiger partial charge in [0.2, 0.25) is 0 Å². The zero-order chi connectivity index (χ0) is 36.2. The van der Waals surface area contributed by atoms with Gasteiger partial charge in [0.25, 0.3) is 10.1 Å². The fourth-order valence-electron chi connectivity index (χ4n) is 6.14. The van der Waals surface area contributed by atoms with Gasteiger partial charge in [0.1, 0.15) is 16.7 Å². The number of nitrogens with zero attached hydrogens (tertiary/aromatic N) is 2. The van der Waals surface area contributed by atoms with Gasteiger partial charge in [-0.15, -0.1) is 0 Å². The first-order valence-electron chi connectivity index (χ1n) is 16.1. The van der Waals surface area contributed by atoms with Crippen molar-refractivity contribution in [1.82, 2.24) is 0 Å². The molecule has 0 aliphatic heterocycles. The average Bonchev–Trinajstić information content (AvgIpc) is 3.08. The maximum atomic E-state index is 11.7. The number of aryl methyl sites for hydroxylation is 1. The van der Waals surface area contributed by atoms with E-state index in [0.717, 1.165) is 55.9 Å². The summed E-state index contributed by atoms with van der Waals surface area (Å²) in [6, 6.07) is 26.5. The monoisotopic (exact) mass is 730 g/mol. The summed E-state index contributed by atoms with van der Waals surface area (Å²) in [6.07, 6.45) is 6.29. The second kappa shape index (κ2) is 15.3. The van der Waals surface area contributed by atoms with Crippen molar-refractivity contribution in [2.75, 3.05) is 18.0 Å². The highest BCUT2D eigenvalue weighted by Crippen LogP contribution is 2.36. The van der Waals surface area contributed by atoms with Crippen LogP contribution in [0.25, 0.3) is 5.57 Å². The van der Waals surface area contributed by atoms with E-state index < -0.39 is 20.2 Å². The number of halogens is 1. The molecule has 0 saturated heterocycles. The quantitative estimate of drug-likeness (QED) is 0.124. The van der Waals surface area contributed by atoms with Crippen molar-refractivity contribution in [2.24, 2.45) is 0 Å². The van der Waals surface area contributed by atoms with Crippen molar-refractivity contribution in [3.05, 3.63) is 153 Å². The third kappa shape index (κ3) is 8.69. The van der Waals surface area contributed by atoms with E-state index >= 15 is 0 Å². The lowest BCUT2D eigenvalue weighted by Crippen LogP contribution is -2.22. The van der Waals surface area contributed by atoms with Crippen LogP contribution < -0.4 is 4.90 Å². The summed E-state index contributed by atoms with van der Waals surface area (Å²) < 4.78 is 69.9. The fraction of sp³-hybridized carbons (Fsp3) is 0.205. The average molecular weight is 731 g/mol. The number of hydrogen-bond donors (Lipinski definition) is 1. The molecule has 0 bridgehead atoms. The third-order valence-electron chi connectivity index (χ3n) is 8.72. The number of benzene rings is 4. The summed E-state index contributed by atoms with van der Waals surface area (Å²) in [5, 5.41) is 0.635. The summed E-state index contributed by atoms with van der Waals surface area (Å²) in [6.45, 7) is 10.4. The Kier molecular flexibility index (Phi) is 11.3. The summed E-state index contributed by atoms with van der Waals surface area (Å²) in [7, 11) is -8.86. The van der Waals surface area contributed by atoms with E-state index in [-0.39, 0.29) is 9.79 Å². The van der Waals surface area contributed by atoms with Gasteiger partial charge in [-0.05, 0) is 121 Å². The summed E-state index contributed by atoms with van der Waals surface area (Å²) in [5.41, 5.74) is 9.62. The summed E-state index contributed by atoms with van der Waals surface area (Å²) >= 11 is 6.30. The number of anilines is 1. The number of hydrogen-bond acceptors (Lipinski definition) is 6. The second-order valence-corrected chi connectivity index (χ2v) is 15.4. The van der Waals surface area contributed by atoms with Crippen molar-refractivity contribution in [3.8, 4) is 0 Å². The minimum Gasteiger partial charge on any atom is -0.744 e. The second-order valence-electron chi connectivity index (χ2n) is 12.1. The lowest BCUT2D eigenvalue weighted by atomic mass is 9.85. The lowest BCUT2D eigenvalue weighted by Gasteiger charge is -2.26. The molecule has 0 radical (unpaired) electrons. The van der Waals surface area contributed by atoms with Crippen LogP contribution in [0, 0.1) is 6.92 Å². The predicted molar refractivity (Wildman–Crippen MR) is 198 cm³/mol. The Labute approximate surface area is 299 Å². The largest absolute Gasteiger partial charge is 0.744 e. The summed E-state index contributed by atoms with van der Waals surface area (Å²) in [4.78, 5) is 1.75. The Morgan fingerprint density at radius 2 is 1.50 bits per heavy atom. The SMILES string of the molecule is CCN(Cc1cccc(S(=O)(=O)[O-])c1)c1ccc(/C(=C2\C=CC(=[N+](CC)Cc3cccc(S(=O)(=O)O)c3)C=C2C)c2ccc(Cl)cc2)c(C)c1. The molecule has 260 valence electrons. The van der Waals surface area contributed by atoms with Crippen molar-refractivity contribution < 1.29 is 30.5 Å². The van der Waals surface area contributed by atoms with Gasteiger partial charge in [-0.1, -0.05) is 54.1 Å². The zero-order valence-corrected chi connectivity index (χ0v) is 30.7. The van der Waals surface area contributed by atoms with Gasteiger partial charge >= 0.3 is 0 Å². The molecule has 0 saturated carbocycles. The summed E-state index contributed by atoms with van der Waals surface area (Å²) in [5.74, 6) is 0. The van der Waals surface area contributed by atoms with E-state index in [1.165, 1.54) is 24.3 Å². The first-order chi connectivity index (χ1) is 23.7. The van der Waals surface area contributed by atoms with Crippen molar-refractivity contribution >= 4 is 48.8 Å². The van der Waals surface area contributed by atoms with Gasteiger partial charge < -0.3 is 9.45 Å². The lowest BCUT2D eigenvalue weighted by molar-refractivity contribution is -0.539. The van der Waals surface area contributed by atoms with Gasteiger partial charge in [-0.25, -0.2) is 13.0 Å². The third-order valence-corrected chi connectivity index (χ3v) is 10.6. The molecule has 4 aromatic rings. The molecule has 8 nitrogen and oxygen atoms in total. The normalized spacial score (nSPS) is 15.5. The molecule has 50 heavy (non-hydrogen) atoms. The highest BCUT2D eigenvalue weighted by Gasteiger charge is 2.21.